The van der Waals surface area contributed by atoms with E-state index in [0.29, 0.717) is 6.04 Å². The summed E-state index contributed by atoms with van der Waals surface area (Å²) in [6.45, 7) is 0. The minimum atomic E-state index is 0.468. The van der Waals surface area contributed by atoms with Crippen LogP contribution in [0, 0.1) is 0 Å². The third-order valence-electron chi connectivity index (χ3n) is 2.58. The number of pyridine rings is 1. The molecular weight excluding hydrogens is 194 g/mol. The van der Waals surface area contributed by atoms with Gasteiger partial charge in [0.1, 0.15) is 0 Å². The molecule has 0 atom stereocenters. The fourth-order valence-corrected chi connectivity index (χ4v) is 1.75. The number of rotatable bonds is 1. The summed E-state index contributed by atoms with van der Waals surface area (Å²) in [7, 11) is 0. The topological polar surface area (TPSA) is 12.9 Å². The first kappa shape index (κ1) is 8.05. The second kappa shape index (κ2) is 3.78. The van der Waals surface area contributed by atoms with E-state index in [1.54, 1.807) is 0 Å². The van der Waals surface area contributed by atoms with Crippen LogP contribution >= 0.6 is 0 Å². The Kier molecular flexibility index (Phi) is 1.90. The minimum Gasteiger partial charge on any atom is -0.248 e. The molecule has 0 aliphatic carbocycles. The van der Waals surface area contributed by atoms with Gasteiger partial charge in [0.2, 0.25) is 0 Å². The summed E-state index contributed by atoms with van der Waals surface area (Å²) < 4.78 is 8.03. The van der Waals surface area contributed by atoms with Crippen LogP contribution in [-0.4, -0.2) is 4.98 Å². The molecule has 0 aliphatic rings. The Morgan fingerprint density at radius 2 is 1.56 bits per heavy atom. The van der Waals surface area contributed by atoms with Crippen LogP contribution in [-0.2, 0) is 0 Å². The molecule has 3 aromatic rings. The maximum Gasteiger partial charge on any atom is 0.0709 e. The monoisotopic (exact) mass is 206 g/mol. The first-order valence-electron chi connectivity index (χ1n) is 5.76. The average Bonchev–Trinajstić information content (AvgIpc) is 2.39. The lowest BCUT2D eigenvalue weighted by Crippen LogP contribution is -1.84. The van der Waals surface area contributed by atoms with Gasteiger partial charge in [-0.1, -0.05) is 54.6 Å². The highest BCUT2D eigenvalue weighted by Crippen LogP contribution is 2.20. The molecule has 0 radical (unpaired) electrons. The van der Waals surface area contributed by atoms with Gasteiger partial charge in [-0.25, -0.2) is 4.98 Å². The van der Waals surface area contributed by atoms with E-state index in [4.69, 9.17) is 1.37 Å². The molecule has 0 saturated carbocycles. The van der Waals surface area contributed by atoms with Crippen LogP contribution in [0.2, 0.25) is 0 Å². The maximum absolute atomic E-state index is 8.03. The second-order valence-corrected chi connectivity index (χ2v) is 3.67. The first-order chi connectivity index (χ1) is 8.34. The predicted molar refractivity (Wildman–Crippen MR) is 67.2 cm³/mol. The van der Waals surface area contributed by atoms with Crippen LogP contribution in [0.3, 0.4) is 0 Å². The van der Waals surface area contributed by atoms with Crippen molar-refractivity contribution >= 4 is 10.9 Å². The van der Waals surface area contributed by atoms with E-state index in [9.17, 15) is 0 Å². The fraction of sp³-hybridized carbons (Fsp3) is 0. The zero-order valence-corrected chi connectivity index (χ0v) is 8.72. The molecular formula is C15H11N. The summed E-state index contributed by atoms with van der Waals surface area (Å²) in [5.41, 5.74) is 2.66. The molecule has 1 heteroatoms. The summed E-state index contributed by atoms with van der Waals surface area (Å²) >= 11 is 0. The van der Waals surface area contributed by atoms with Crippen LogP contribution in [0.25, 0.3) is 22.2 Å². The van der Waals surface area contributed by atoms with Gasteiger partial charge in [-0.3, -0.25) is 0 Å². The van der Waals surface area contributed by atoms with E-state index in [0.717, 1.165) is 22.2 Å². The number of hydrogen-bond acceptors (Lipinski definition) is 1. The average molecular weight is 206 g/mol. The van der Waals surface area contributed by atoms with Gasteiger partial charge in [0.25, 0.3) is 0 Å². The van der Waals surface area contributed by atoms with Gasteiger partial charge in [-0.15, -0.1) is 0 Å². The molecule has 2 aromatic carbocycles. The minimum absolute atomic E-state index is 0.468. The summed E-state index contributed by atoms with van der Waals surface area (Å²) in [6.07, 6.45) is 0. The van der Waals surface area contributed by atoms with Crippen molar-refractivity contribution in [2.24, 2.45) is 0 Å². The second-order valence-electron chi connectivity index (χ2n) is 3.67. The summed E-state index contributed by atoms with van der Waals surface area (Å²) in [4.78, 5) is 4.56. The van der Waals surface area contributed by atoms with E-state index >= 15 is 0 Å². The zero-order chi connectivity index (χ0) is 11.7. The maximum atomic E-state index is 8.03. The molecule has 1 aromatic heterocycles. The number of nitrogens with zero attached hydrogens (tertiary/aromatic N) is 1. The Labute approximate surface area is 95.8 Å². The standard InChI is InChI=1S/C15H11N/c1-2-6-12(7-3-1)15-11-10-13-8-4-5-9-14(13)16-15/h1-11H/i11D. The van der Waals surface area contributed by atoms with Crippen LogP contribution in [0.15, 0.2) is 66.7 Å². The molecule has 0 fully saturated rings. The lowest BCUT2D eigenvalue weighted by molar-refractivity contribution is 1.40. The Hall–Kier alpha value is -2.15. The summed E-state index contributed by atoms with van der Waals surface area (Å²) in [5.74, 6) is 0. The van der Waals surface area contributed by atoms with E-state index in [1.165, 1.54) is 0 Å². The van der Waals surface area contributed by atoms with Crippen molar-refractivity contribution in [3.05, 3.63) is 66.7 Å². The van der Waals surface area contributed by atoms with Gasteiger partial charge in [0.05, 0.1) is 12.6 Å². The largest absolute Gasteiger partial charge is 0.248 e. The molecule has 0 bridgehead atoms. The normalized spacial score (nSPS) is 11.4. The Balaban J connectivity index is 2.27. The van der Waals surface area contributed by atoms with Crippen LogP contribution in [0.5, 0.6) is 0 Å². The third kappa shape index (κ3) is 1.57. The van der Waals surface area contributed by atoms with Gasteiger partial charge in [0.15, 0.2) is 0 Å². The number of aromatic nitrogens is 1. The van der Waals surface area contributed by atoms with Crippen molar-refractivity contribution in [3.63, 3.8) is 0 Å². The number of para-hydroxylation sites is 1. The van der Waals surface area contributed by atoms with Gasteiger partial charge >= 0.3 is 0 Å². The number of fused-ring (bicyclic) bond motifs is 1. The molecule has 76 valence electrons. The lowest BCUT2D eigenvalue weighted by atomic mass is 10.1. The smallest absolute Gasteiger partial charge is 0.0709 e. The van der Waals surface area contributed by atoms with Crippen LogP contribution in [0.4, 0.5) is 0 Å². The van der Waals surface area contributed by atoms with E-state index < -0.39 is 0 Å². The van der Waals surface area contributed by atoms with Crippen molar-refractivity contribution in [2.45, 2.75) is 0 Å². The molecule has 16 heavy (non-hydrogen) atoms. The zero-order valence-electron chi connectivity index (χ0n) is 9.72. The Morgan fingerprint density at radius 1 is 0.812 bits per heavy atom. The molecule has 1 nitrogen and oxygen atoms in total. The molecule has 0 saturated heterocycles. The number of hydrogen-bond donors (Lipinski definition) is 0. The van der Waals surface area contributed by atoms with Gasteiger partial charge in [-0.05, 0) is 12.1 Å². The lowest BCUT2D eigenvalue weighted by Gasteiger charge is -2.02. The van der Waals surface area contributed by atoms with Gasteiger partial charge in [0, 0.05) is 10.9 Å². The quantitative estimate of drug-likeness (QED) is 0.588. The van der Waals surface area contributed by atoms with Crippen molar-refractivity contribution in [1.82, 2.24) is 4.98 Å². The first-order valence-corrected chi connectivity index (χ1v) is 5.26. The van der Waals surface area contributed by atoms with Crippen molar-refractivity contribution in [3.8, 4) is 11.3 Å². The van der Waals surface area contributed by atoms with E-state index in [2.05, 4.69) is 4.98 Å². The van der Waals surface area contributed by atoms with E-state index in [1.807, 2.05) is 60.7 Å². The molecule has 1 heterocycles. The highest BCUT2D eigenvalue weighted by Gasteiger charge is 1.99. The molecule has 0 spiro atoms. The highest BCUT2D eigenvalue weighted by molar-refractivity contribution is 5.81. The van der Waals surface area contributed by atoms with Gasteiger partial charge in [-0.2, -0.15) is 0 Å². The summed E-state index contributed by atoms with van der Waals surface area (Å²) in [5, 5.41) is 1.01. The van der Waals surface area contributed by atoms with Crippen LogP contribution < -0.4 is 0 Å². The van der Waals surface area contributed by atoms with Crippen molar-refractivity contribution < 1.29 is 1.37 Å². The third-order valence-corrected chi connectivity index (χ3v) is 2.58. The SMILES string of the molecule is [2H]c1cc2ccccc2nc1-c1ccccc1. The van der Waals surface area contributed by atoms with E-state index in [-0.39, 0.29) is 0 Å². The van der Waals surface area contributed by atoms with Crippen molar-refractivity contribution in [1.29, 1.82) is 0 Å². The molecule has 3 rings (SSSR count). The Bertz CT molecular complexity index is 662. The molecule has 0 amide bonds. The highest BCUT2D eigenvalue weighted by atomic mass is 14.7. The van der Waals surface area contributed by atoms with Crippen LogP contribution in [0.1, 0.15) is 1.37 Å². The van der Waals surface area contributed by atoms with Crippen molar-refractivity contribution in [2.75, 3.05) is 0 Å². The predicted octanol–water partition coefficient (Wildman–Crippen LogP) is 3.90. The van der Waals surface area contributed by atoms with Gasteiger partial charge < -0.3 is 0 Å². The molecule has 0 N–H and O–H groups in total. The number of benzene rings is 2. The molecule has 0 unspecified atom stereocenters. The fourth-order valence-electron chi connectivity index (χ4n) is 1.75. The molecule has 0 aliphatic heterocycles. The summed E-state index contributed by atoms with van der Waals surface area (Å²) in [6, 6.07) is 20.1. The Morgan fingerprint density at radius 3 is 2.44 bits per heavy atom.